The zero-order valence-electron chi connectivity index (χ0n) is 65.4. The SMILES string of the molecule is CC(C)COC(=O)N[C@H](C(=O)N1CC(C)(C)CC1C(=O)N[C@@H](CC(C)C)C(=O)C(=O)NCC(=O)N[C@H](C(=O)N(C)C)c1ccccc1)C1CCCCC1.CC(C)COC(=O)N[C@H](C(=O)N1CC(C)(C)CC1C(=O)N[C@@H](CC(C)C)C(O)C(=O)NCC(=O)N[C@H](C(=O)N(C)C)c1ccccc1)C1CCCCC1. The second-order valence-electron chi connectivity index (χ2n) is 32.7. The number of rotatable bonds is 32. The van der Waals surface area contributed by atoms with E-state index in [1.165, 1.54) is 19.6 Å². The molecule has 2 saturated heterocycles. The fourth-order valence-electron chi connectivity index (χ4n) is 14.0. The zero-order chi connectivity index (χ0) is 78.9. The molecule has 3 unspecified atom stereocenters. The van der Waals surface area contributed by atoms with E-state index >= 15 is 0 Å². The predicted molar refractivity (Wildman–Crippen MR) is 399 cm³/mol. The van der Waals surface area contributed by atoms with Crippen LogP contribution in [-0.2, 0) is 62.2 Å². The van der Waals surface area contributed by atoms with E-state index in [9.17, 15) is 67.4 Å². The summed E-state index contributed by atoms with van der Waals surface area (Å²) in [6.45, 7) is 22.8. The summed E-state index contributed by atoms with van der Waals surface area (Å²) in [4.78, 5) is 179. The number of carbonyl (C=O) groups excluding carboxylic acids is 13. The van der Waals surface area contributed by atoms with Crippen LogP contribution < -0.4 is 42.5 Å². The van der Waals surface area contributed by atoms with E-state index < -0.39 is 132 Å². The Morgan fingerprint density at radius 2 is 0.868 bits per heavy atom. The lowest BCUT2D eigenvalue weighted by atomic mass is 9.83. The molecule has 9 atom stereocenters. The first kappa shape index (κ1) is 87.9. The Labute approximate surface area is 626 Å². The van der Waals surface area contributed by atoms with Gasteiger partial charge in [0.2, 0.25) is 53.0 Å². The number of nitrogens with zero attached hydrogens (tertiary/aromatic N) is 4. The molecule has 12 amide bonds. The molecule has 2 aromatic carbocycles. The van der Waals surface area contributed by atoms with Gasteiger partial charge in [-0.05, 0) is 109 Å². The highest BCUT2D eigenvalue weighted by Gasteiger charge is 2.50. The second kappa shape index (κ2) is 41.4. The number of aliphatic hydroxyl groups is 1. The minimum atomic E-state index is -1.71. The summed E-state index contributed by atoms with van der Waals surface area (Å²) in [5.74, 6) is -6.87. The average molecular weight is 1480 g/mol. The third-order valence-corrected chi connectivity index (χ3v) is 19.4. The van der Waals surface area contributed by atoms with Crippen molar-refractivity contribution in [3.63, 3.8) is 0 Å². The van der Waals surface area contributed by atoms with Gasteiger partial charge >= 0.3 is 12.2 Å². The smallest absolute Gasteiger partial charge is 0.407 e. The molecule has 0 radical (unpaired) electrons. The van der Waals surface area contributed by atoms with Crippen molar-refractivity contribution in [1.82, 2.24) is 62.1 Å². The van der Waals surface area contributed by atoms with Gasteiger partial charge in [-0.25, -0.2) is 9.59 Å². The molecular weight excluding hydrogens is 1360 g/mol. The summed E-state index contributed by atoms with van der Waals surface area (Å²) in [6.07, 6.45) is 6.84. The molecule has 590 valence electrons. The van der Waals surface area contributed by atoms with E-state index in [1.54, 1.807) is 88.9 Å². The average Bonchev–Trinajstić information content (AvgIpc) is 1.64. The van der Waals surface area contributed by atoms with Gasteiger partial charge in [-0.3, -0.25) is 52.7 Å². The maximum atomic E-state index is 14.3. The van der Waals surface area contributed by atoms with Crippen LogP contribution in [0.1, 0.15) is 196 Å². The summed E-state index contributed by atoms with van der Waals surface area (Å²) in [7, 11) is 6.27. The van der Waals surface area contributed by atoms with E-state index in [-0.39, 0.29) is 98.3 Å². The number of hydrogen-bond acceptors (Lipinski definition) is 16. The van der Waals surface area contributed by atoms with Gasteiger partial charge in [-0.2, -0.15) is 0 Å². The Bertz CT molecular complexity index is 3300. The summed E-state index contributed by atoms with van der Waals surface area (Å²) in [6, 6.07) is 9.53. The number of alkyl carbamates (subject to hydrolysis) is 2. The number of ketones is 1. The zero-order valence-corrected chi connectivity index (χ0v) is 65.4. The fraction of sp³-hybridized carbons (Fsp3) is 0.679. The molecule has 9 N–H and O–H groups in total. The lowest BCUT2D eigenvalue weighted by Gasteiger charge is -2.35. The normalized spacial score (nSPS) is 19.1. The van der Waals surface area contributed by atoms with Crippen LogP contribution in [0.2, 0.25) is 0 Å². The van der Waals surface area contributed by atoms with Crippen LogP contribution in [0.5, 0.6) is 0 Å². The van der Waals surface area contributed by atoms with Gasteiger partial charge < -0.3 is 76.7 Å². The number of nitrogens with one attached hydrogen (secondary N) is 8. The molecule has 2 aliphatic carbocycles. The Morgan fingerprint density at radius 1 is 0.491 bits per heavy atom. The summed E-state index contributed by atoms with van der Waals surface area (Å²) in [5.41, 5.74) is 0.257. The molecular formula is C78H122N12O16. The molecule has 2 saturated carbocycles. The van der Waals surface area contributed by atoms with Crippen molar-refractivity contribution in [2.75, 3.05) is 67.6 Å². The lowest BCUT2D eigenvalue weighted by molar-refractivity contribution is -0.143. The lowest BCUT2D eigenvalue weighted by Crippen LogP contribution is -2.59. The maximum Gasteiger partial charge on any atom is 0.407 e. The number of aliphatic hydroxyl groups excluding tert-OH is 1. The summed E-state index contributed by atoms with van der Waals surface area (Å²) < 4.78 is 10.7. The van der Waals surface area contributed by atoms with E-state index in [0.717, 1.165) is 64.2 Å². The Morgan fingerprint density at radius 3 is 1.24 bits per heavy atom. The van der Waals surface area contributed by atoms with Crippen molar-refractivity contribution < 1.29 is 76.9 Å². The molecule has 0 bridgehead atoms. The molecule has 4 fully saturated rings. The van der Waals surface area contributed by atoms with E-state index in [1.807, 2.05) is 83.1 Å². The number of hydrogen-bond donors (Lipinski definition) is 9. The number of likely N-dealkylation sites (tertiary alicyclic amines) is 2. The number of ether oxygens (including phenoxy) is 2. The number of amides is 12. The second-order valence-corrected chi connectivity index (χ2v) is 32.7. The van der Waals surface area contributed by atoms with Crippen molar-refractivity contribution in [3.05, 3.63) is 71.8 Å². The highest BCUT2D eigenvalue weighted by Crippen LogP contribution is 2.39. The first-order chi connectivity index (χ1) is 49.8. The molecule has 2 aliphatic heterocycles. The number of likely N-dealkylation sites (N-methyl/N-ethyl adjacent to an activating group) is 2. The molecule has 2 aromatic rings. The van der Waals surface area contributed by atoms with Crippen LogP contribution in [0.4, 0.5) is 9.59 Å². The van der Waals surface area contributed by atoms with Gasteiger partial charge in [0.05, 0.1) is 38.4 Å². The molecule has 106 heavy (non-hydrogen) atoms. The highest BCUT2D eigenvalue weighted by atomic mass is 16.6. The summed E-state index contributed by atoms with van der Waals surface area (Å²) >= 11 is 0. The first-order valence-corrected chi connectivity index (χ1v) is 37.8. The maximum absolute atomic E-state index is 14.3. The fourth-order valence-corrected chi connectivity index (χ4v) is 14.0. The van der Waals surface area contributed by atoms with Crippen LogP contribution in [0.3, 0.4) is 0 Å². The quantitative estimate of drug-likeness (QED) is 0.0379. The number of benzene rings is 2. The van der Waals surface area contributed by atoms with Crippen LogP contribution in [0.25, 0.3) is 0 Å². The number of Topliss-reactive ketones (excluding diaryl/α,β-unsaturated/α-hetero) is 1. The van der Waals surface area contributed by atoms with Gasteiger partial charge in [-0.15, -0.1) is 0 Å². The Kier molecular flexibility index (Phi) is 34.4. The molecule has 0 aromatic heterocycles. The van der Waals surface area contributed by atoms with Gasteiger partial charge in [0.15, 0.2) is 6.10 Å². The van der Waals surface area contributed by atoms with Crippen molar-refractivity contribution in [2.24, 2.45) is 46.3 Å². The van der Waals surface area contributed by atoms with Gasteiger partial charge in [0.1, 0.15) is 36.3 Å². The monoisotopic (exact) mass is 1480 g/mol. The first-order valence-electron chi connectivity index (χ1n) is 37.8. The van der Waals surface area contributed by atoms with Crippen LogP contribution in [0.15, 0.2) is 60.7 Å². The Balaban J connectivity index is 0.000000381. The van der Waals surface area contributed by atoms with Gasteiger partial charge in [-0.1, -0.05) is 182 Å². The largest absolute Gasteiger partial charge is 0.449 e. The molecule has 2 heterocycles. The van der Waals surface area contributed by atoms with Crippen molar-refractivity contribution in [3.8, 4) is 0 Å². The number of carbonyl (C=O) groups is 13. The van der Waals surface area contributed by atoms with Crippen LogP contribution in [-0.4, -0.2) is 212 Å². The summed E-state index contributed by atoms with van der Waals surface area (Å²) in [5, 5.41) is 32.5. The van der Waals surface area contributed by atoms with E-state index in [0.29, 0.717) is 24.0 Å². The van der Waals surface area contributed by atoms with Crippen LogP contribution >= 0.6 is 0 Å². The van der Waals surface area contributed by atoms with E-state index in [4.69, 9.17) is 9.47 Å². The van der Waals surface area contributed by atoms with Crippen molar-refractivity contribution >= 4 is 77.0 Å². The van der Waals surface area contributed by atoms with Crippen molar-refractivity contribution in [1.29, 1.82) is 0 Å². The van der Waals surface area contributed by atoms with E-state index in [2.05, 4.69) is 42.5 Å². The molecule has 28 heteroatoms. The molecule has 4 aliphatic rings. The Hall–Kier alpha value is -8.69. The molecule has 0 spiro atoms. The van der Waals surface area contributed by atoms with Gasteiger partial charge in [0.25, 0.3) is 11.8 Å². The van der Waals surface area contributed by atoms with Crippen LogP contribution in [0, 0.1) is 46.3 Å². The standard InChI is InChI=1S/C39H62N6O8.C39H60N6O8/c2*1-24(2)19-28(33(47)35(49)40-21-30(46)42-31(36(50)44(7)8)26-15-11-9-12-16-26)41-34(48)29-20-39(5,6)23-45(29)37(51)32(27-17-13-10-14-18-27)43-38(52)53-22-25(3)4/h9,11-12,15-16,24-25,27-29,31-33,47H,10,13-14,17-23H2,1-8H3,(H,40,49)(H,41,48)(H,42,46)(H,43,52);9,11-12,15-16,24-25,27-29,31-32H,10,13-14,17-23H2,1-8H3,(H,40,49)(H,41,48)(H,42,46)(H,43,52)/t28-,29?,31-,32-,33?;28-,29?,31-,32-/m00/s1. The highest BCUT2D eigenvalue weighted by molar-refractivity contribution is 6.38. The topological polar surface area (TPSA) is 370 Å². The van der Waals surface area contributed by atoms with Gasteiger partial charge in [0, 0.05) is 41.3 Å². The minimum Gasteiger partial charge on any atom is -0.449 e. The molecule has 6 rings (SSSR count). The van der Waals surface area contributed by atoms with Crippen molar-refractivity contribution in [2.45, 2.75) is 227 Å². The predicted octanol–water partition coefficient (Wildman–Crippen LogP) is 6.00. The third kappa shape index (κ3) is 27.6. The third-order valence-electron chi connectivity index (χ3n) is 19.4. The molecule has 28 nitrogen and oxygen atoms in total. The minimum absolute atomic E-state index is 0.0378.